The first kappa shape index (κ1) is 15.7. The molecule has 0 saturated carbocycles. The predicted molar refractivity (Wildman–Crippen MR) is 32.5 cm³/mol. The van der Waals surface area contributed by atoms with Gasteiger partial charge in [0.25, 0.3) is 0 Å². The summed E-state index contributed by atoms with van der Waals surface area (Å²) < 4.78 is 0. The van der Waals surface area contributed by atoms with Crippen LogP contribution >= 0.6 is 12.4 Å². The first-order chi connectivity index (χ1) is 2.64. The van der Waals surface area contributed by atoms with Crippen LogP contribution < -0.4 is 0 Å². The van der Waals surface area contributed by atoms with Crippen molar-refractivity contribution in [1.82, 2.24) is 0 Å². The van der Waals surface area contributed by atoms with Gasteiger partial charge in [-0.1, -0.05) is 0 Å². The van der Waals surface area contributed by atoms with Gasteiger partial charge in [0, 0.05) is 0 Å². The summed E-state index contributed by atoms with van der Waals surface area (Å²) in [5, 5.41) is 14.8. The van der Waals surface area contributed by atoms with Crippen molar-refractivity contribution >= 4 is 50.2 Å². The number of aliphatic carboxylic acids is 2. The summed E-state index contributed by atoms with van der Waals surface area (Å²) in [5.41, 5.74) is 0. The van der Waals surface area contributed by atoms with E-state index in [0.717, 1.165) is 0 Å². The number of hydrogen-bond acceptors (Lipinski definition) is 2. The van der Waals surface area contributed by atoms with Crippen LogP contribution in [0, 0.1) is 0 Å². The molecule has 0 heterocycles. The second kappa shape index (κ2) is 7.10. The fourth-order valence-electron chi connectivity index (χ4n) is 0. The summed E-state index contributed by atoms with van der Waals surface area (Å²) in [7, 11) is 0. The number of halogens is 1. The summed E-state index contributed by atoms with van der Waals surface area (Å²) >= 11 is 0. The van der Waals surface area contributed by atoms with Gasteiger partial charge in [0.15, 0.2) is 0 Å². The van der Waals surface area contributed by atoms with Crippen LogP contribution in [0.2, 0.25) is 0 Å². The zero-order valence-corrected chi connectivity index (χ0v) is 3.94. The van der Waals surface area contributed by atoms with E-state index in [4.69, 9.17) is 19.8 Å². The van der Waals surface area contributed by atoms with Crippen molar-refractivity contribution in [3.63, 3.8) is 0 Å². The molecule has 0 amide bonds. The predicted octanol–water partition coefficient (Wildman–Crippen LogP) is -1.61. The van der Waals surface area contributed by atoms with Gasteiger partial charge in [-0.05, 0) is 0 Å². The average molecular weight is 244 g/mol. The zero-order chi connectivity index (χ0) is 5.15. The van der Waals surface area contributed by atoms with Gasteiger partial charge in [0.1, 0.15) is 0 Å². The third-order valence-corrected chi connectivity index (χ3v) is 0.183. The van der Waals surface area contributed by atoms with E-state index in [9.17, 15) is 0 Å². The second-order valence-corrected chi connectivity index (χ2v) is 0.610. The molecule has 0 aliphatic heterocycles. The van der Waals surface area contributed by atoms with Gasteiger partial charge in [-0.15, -0.1) is 12.4 Å². The van der Waals surface area contributed by atoms with Crippen LogP contribution in [0.15, 0.2) is 0 Å². The molecule has 0 saturated heterocycles. The molecule has 0 radical (unpaired) electrons. The van der Waals surface area contributed by atoms with E-state index in [1.54, 1.807) is 0 Å². The van der Waals surface area contributed by atoms with Crippen molar-refractivity contribution in [3.8, 4) is 0 Å². The zero-order valence-electron chi connectivity index (χ0n) is 3.12. The molecule has 2 N–H and O–H groups in total. The molecule has 0 unspecified atom stereocenters. The standard InChI is InChI=1S/C2H2O4.ClH.In.3H/c3-1(4)2(5)6;;;;;/h(H,3,4)(H,5,6);1H;;;;. The van der Waals surface area contributed by atoms with Crippen LogP contribution in [0.3, 0.4) is 0 Å². The molecule has 0 aliphatic carbocycles. The average Bonchev–Trinajstić information content (AvgIpc) is 1.36. The Bertz CT molecular complexity index is 80.0. The van der Waals surface area contributed by atoms with Crippen molar-refractivity contribution in [2.75, 3.05) is 0 Å². The Balaban J connectivity index is -0.000000125. The molecule has 0 atom stereocenters. The number of hydrogen-bond donors (Lipinski definition) is 2. The van der Waals surface area contributed by atoms with E-state index in [2.05, 4.69) is 0 Å². The molecule has 48 valence electrons. The summed E-state index contributed by atoms with van der Waals surface area (Å²) in [5.74, 6) is -3.65. The van der Waals surface area contributed by atoms with Crippen molar-refractivity contribution in [1.29, 1.82) is 0 Å². The fourth-order valence-corrected chi connectivity index (χ4v) is 0. The van der Waals surface area contributed by atoms with E-state index in [-0.39, 0.29) is 38.3 Å². The molecule has 0 spiro atoms. The third-order valence-electron chi connectivity index (χ3n) is 0.183. The van der Waals surface area contributed by atoms with Gasteiger partial charge >= 0.3 is 37.8 Å². The monoisotopic (exact) mass is 244 g/mol. The van der Waals surface area contributed by atoms with Gasteiger partial charge in [-0.2, -0.15) is 0 Å². The number of carboxylic acid groups (broad SMARTS) is 2. The van der Waals surface area contributed by atoms with Crippen LogP contribution in [-0.2, 0) is 9.59 Å². The third kappa shape index (κ3) is 9.44. The van der Waals surface area contributed by atoms with Crippen LogP contribution in [0.4, 0.5) is 0 Å². The normalized spacial score (nSPS) is 5.50. The van der Waals surface area contributed by atoms with Crippen LogP contribution in [-0.4, -0.2) is 48.0 Å². The first-order valence-corrected chi connectivity index (χ1v) is 1.11. The van der Waals surface area contributed by atoms with E-state index in [1.807, 2.05) is 0 Å². The Kier molecular flexibility index (Phi) is 13.9. The van der Waals surface area contributed by atoms with Gasteiger partial charge in [0.2, 0.25) is 0 Å². The Labute approximate surface area is 70.1 Å². The maximum atomic E-state index is 9.10. The second-order valence-electron chi connectivity index (χ2n) is 0.610. The molecule has 0 aromatic heterocycles. The maximum absolute atomic E-state index is 9.10. The van der Waals surface area contributed by atoms with E-state index < -0.39 is 11.9 Å². The van der Waals surface area contributed by atoms with E-state index in [1.165, 1.54) is 0 Å². The van der Waals surface area contributed by atoms with Crippen LogP contribution in [0.1, 0.15) is 0 Å². The molecular formula is C2H6ClInO4. The fraction of sp³-hybridized carbons (Fsp3) is 0. The van der Waals surface area contributed by atoms with Crippen molar-refractivity contribution in [2.45, 2.75) is 0 Å². The van der Waals surface area contributed by atoms with Gasteiger partial charge < -0.3 is 10.2 Å². The molecule has 8 heavy (non-hydrogen) atoms. The quantitative estimate of drug-likeness (QED) is 0.503. The molecule has 0 aromatic rings. The van der Waals surface area contributed by atoms with Crippen molar-refractivity contribution < 1.29 is 19.8 Å². The minimum atomic E-state index is -1.82. The van der Waals surface area contributed by atoms with Crippen molar-refractivity contribution in [3.05, 3.63) is 0 Å². The summed E-state index contributed by atoms with van der Waals surface area (Å²) in [4.78, 5) is 18.2. The Morgan fingerprint density at radius 3 is 1.12 bits per heavy atom. The summed E-state index contributed by atoms with van der Waals surface area (Å²) in [6.45, 7) is 0. The van der Waals surface area contributed by atoms with Gasteiger partial charge in [-0.3, -0.25) is 0 Å². The Morgan fingerprint density at radius 1 is 1.00 bits per heavy atom. The number of carbonyl (C=O) groups is 2. The number of rotatable bonds is 0. The molecule has 6 heteroatoms. The minimum absolute atomic E-state index is 0. The topological polar surface area (TPSA) is 74.6 Å². The Hall–Kier alpha value is 0.100. The molecule has 4 nitrogen and oxygen atoms in total. The van der Waals surface area contributed by atoms with Gasteiger partial charge in [-0.25, -0.2) is 9.59 Å². The SMILES string of the molecule is Cl.O=C(O)C(=O)O.[InH3]. The Morgan fingerprint density at radius 2 is 1.12 bits per heavy atom. The molecule has 0 fully saturated rings. The summed E-state index contributed by atoms with van der Waals surface area (Å²) in [6.07, 6.45) is 0. The first-order valence-electron chi connectivity index (χ1n) is 1.11. The molecule has 0 aromatic carbocycles. The summed E-state index contributed by atoms with van der Waals surface area (Å²) in [6, 6.07) is 0. The van der Waals surface area contributed by atoms with Crippen LogP contribution in [0.5, 0.6) is 0 Å². The molecule has 0 bridgehead atoms. The molecular weight excluding hydrogens is 238 g/mol. The molecule has 0 aliphatic rings. The van der Waals surface area contributed by atoms with Gasteiger partial charge in [0.05, 0.1) is 0 Å². The molecule has 0 rings (SSSR count). The van der Waals surface area contributed by atoms with Crippen molar-refractivity contribution in [2.24, 2.45) is 0 Å². The van der Waals surface area contributed by atoms with E-state index >= 15 is 0 Å². The van der Waals surface area contributed by atoms with E-state index in [0.29, 0.717) is 0 Å². The number of carboxylic acids is 2. The van der Waals surface area contributed by atoms with Crippen LogP contribution in [0.25, 0.3) is 0 Å².